The van der Waals surface area contributed by atoms with E-state index in [2.05, 4.69) is 16.0 Å². The summed E-state index contributed by atoms with van der Waals surface area (Å²) >= 11 is 0. The Kier molecular flexibility index (Phi) is 9.33. The van der Waals surface area contributed by atoms with E-state index in [0.717, 1.165) is 11.1 Å². The molecule has 0 saturated carbocycles. The van der Waals surface area contributed by atoms with Crippen molar-refractivity contribution in [1.82, 2.24) is 16.0 Å². The van der Waals surface area contributed by atoms with Gasteiger partial charge in [-0.1, -0.05) is 42.5 Å². The van der Waals surface area contributed by atoms with Gasteiger partial charge in [0.05, 0.1) is 13.7 Å². The van der Waals surface area contributed by atoms with Crippen molar-refractivity contribution in [2.45, 2.75) is 25.6 Å². The van der Waals surface area contributed by atoms with E-state index in [9.17, 15) is 14.4 Å². The van der Waals surface area contributed by atoms with Crippen LogP contribution in [0.2, 0.25) is 0 Å². The van der Waals surface area contributed by atoms with Gasteiger partial charge in [-0.05, 0) is 29.7 Å². The van der Waals surface area contributed by atoms with Crippen molar-refractivity contribution < 1.29 is 23.9 Å². The first-order valence-electron chi connectivity index (χ1n) is 9.55. The molecule has 160 valence electrons. The summed E-state index contributed by atoms with van der Waals surface area (Å²) in [5, 5.41) is 7.67. The molecule has 0 aliphatic carbocycles. The fourth-order valence-corrected chi connectivity index (χ4v) is 2.66. The van der Waals surface area contributed by atoms with Crippen molar-refractivity contribution in [3.63, 3.8) is 0 Å². The summed E-state index contributed by atoms with van der Waals surface area (Å²) < 4.78 is 10.2. The van der Waals surface area contributed by atoms with Gasteiger partial charge >= 0.3 is 0 Å². The molecular formula is C22H27N3O5. The van der Waals surface area contributed by atoms with Gasteiger partial charge in [0.15, 0.2) is 0 Å². The molecule has 0 aliphatic heterocycles. The summed E-state index contributed by atoms with van der Waals surface area (Å²) in [6.07, 6.45) is -0.308. The van der Waals surface area contributed by atoms with E-state index in [1.54, 1.807) is 19.2 Å². The molecule has 2 aromatic carbocycles. The maximum Gasteiger partial charge on any atom is 0.270 e. The summed E-state index contributed by atoms with van der Waals surface area (Å²) in [6, 6.07) is 16.9. The Labute approximate surface area is 175 Å². The second-order valence-corrected chi connectivity index (χ2v) is 6.51. The number of hydrogen-bond acceptors (Lipinski definition) is 5. The van der Waals surface area contributed by atoms with Gasteiger partial charge in [-0.15, -0.1) is 0 Å². The number of rotatable bonds is 11. The van der Waals surface area contributed by atoms with Crippen LogP contribution in [-0.4, -0.2) is 44.7 Å². The smallest absolute Gasteiger partial charge is 0.270 e. The molecule has 3 amide bonds. The number of hydrogen-bond donors (Lipinski definition) is 3. The highest BCUT2D eigenvalue weighted by atomic mass is 16.5. The predicted molar refractivity (Wildman–Crippen MR) is 112 cm³/mol. The molecule has 1 unspecified atom stereocenters. The van der Waals surface area contributed by atoms with Crippen LogP contribution in [0.4, 0.5) is 0 Å². The van der Waals surface area contributed by atoms with Gasteiger partial charge in [0.1, 0.15) is 5.75 Å². The Morgan fingerprint density at radius 1 is 0.900 bits per heavy atom. The second-order valence-electron chi connectivity index (χ2n) is 6.51. The minimum atomic E-state index is -1.16. The van der Waals surface area contributed by atoms with Gasteiger partial charge in [0, 0.05) is 20.1 Å². The van der Waals surface area contributed by atoms with Gasteiger partial charge < -0.3 is 25.4 Å². The van der Waals surface area contributed by atoms with Crippen molar-refractivity contribution in [2.75, 3.05) is 20.8 Å². The normalized spacial score (nSPS) is 11.3. The summed E-state index contributed by atoms with van der Waals surface area (Å²) in [7, 11) is 2.88. The molecule has 0 aromatic heterocycles. The molecular weight excluding hydrogens is 386 g/mol. The number of methoxy groups -OCH3 is 2. The fourth-order valence-electron chi connectivity index (χ4n) is 2.66. The molecule has 0 saturated heterocycles. The van der Waals surface area contributed by atoms with E-state index < -0.39 is 18.0 Å². The lowest BCUT2D eigenvalue weighted by Crippen LogP contribution is -2.50. The van der Waals surface area contributed by atoms with Crippen molar-refractivity contribution in [1.29, 1.82) is 0 Å². The zero-order chi connectivity index (χ0) is 21.8. The molecule has 0 spiro atoms. The molecule has 0 bridgehead atoms. The number of carbonyl (C=O) groups is 3. The summed E-state index contributed by atoms with van der Waals surface area (Å²) in [5.41, 5.74) is 1.89. The average molecular weight is 413 g/mol. The molecule has 0 radical (unpaired) electrons. The van der Waals surface area contributed by atoms with E-state index in [0.29, 0.717) is 12.2 Å². The molecule has 2 rings (SSSR count). The minimum Gasteiger partial charge on any atom is -0.497 e. The SMILES string of the molecule is COc1cccc(CNC(=O)C(NC(=O)CNC(=O)CCc2ccccc2)OC)c1. The van der Waals surface area contributed by atoms with Gasteiger partial charge in [-0.25, -0.2) is 0 Å². The standard InChI is InChI=1S/C22H27N3O5/c1-29-18-10-6-9-17(13-18)14-24-21(28)22(30-2)25-20(27)15-23-19(26)12-11-16-7-4-3-5-8-16/h3-10,13,22H,11-12,14-15H2,1-2H3,(H,23,26)(H,24,28)(H,25,27). The Morgan fingerprint density at radius 3 is 2.33 bits per heavy atom. The molecule has 0 aliphatic rings. The third kappa shape index (κ3) is 7.92. The van der Waals surface area contributed by atoms with E-state index >= 15 is 0 Å². The van der Waals surface area contributed by atoms with Gasteiger partial charge in [-0.3, -0.25) is 14.4 Å². The fraction of sp³-hybridized carbons (Fsp3) is 0.318. The maximum absolute atomic E-state index is 12.3. The van der Waals surface area contributed by atoms with Crippen LogP contribution in [0.5, 0.6) is 5.75 Å². The van der Waals surface area contributed by atoms with Crippen LogP contribution in [-0.2, 0) is 32.1 Å². The predicted octanol–water partition coefficient (Wildman–Crippen LogP) is 1.15. The molecule has 8 heteroatoms. The number of benzene rings is 2. The number of aryl methyl sites for hydroxylation is 1. The Bertz CT molecular complexity index is 842. The topological polar surface area (TPSA) is 106 Å². The van der Waals surface area contributed by atoms with Crippen LogP contribution >= 0.6 is 0 Å². The third-order valence-corrected chi connectivity index (χ3v) is 4.30. The van der Waals surface area contributed by atoms with Crippen molar-refractivity contribution in [3.05, 3.63) is 65.7 Å². The van der Waals surface area contributed by atoms with Gasteiger partial charge in [0.25, 0.3) is 5.91 Å². The Balaban J connectivity index is 1.72. The first-order chi connectivity index (χ1) is 14.5. The maximum atomic E-state index is 12.3. The number of ether oxygens (including phenoxy) is 2. The number of nitrogens with one attached hydrogen (secondary N) is 3. The zero-order valence-corrected chi connectivity index (χ0v) is 17.1. The van der Waals surface area contributed by atoms with Crippen LogP contribution in [0.3, 0.4) is 0 Å². The first kappa shape index (κ1) is 22.9. The van der Waals surface area contributed by atoms with E-state index in [1.807, 2.05) is 42.5 Å². The molecule has 0 fully saturated rings. The molecule has 0 heterocycles. The first-order valence-corrected chi connectivity index (χ1v) is 9.55. The van der Waals surface area contributed by atoms with E-state index in [4.69, 9.17) is 9.47 Å². The Hall–Kier alpha value is -3.39. The van der Waals surface area contributed by atoms with E-state index in [1.165, 1.54) is 7.11 Å². The van der Waals surface area contributed by atoms with Crippen molar-refractivity contribution in [3.8, 4) is 5.75 Å². The minimum absolute atomic E-state index is 0.239. The van der Waals surface area contributed by atoms with Crippen molar-refractivity contribution in [2.24, 2.45) is 0 Å². The van der Waals surface area contributed by atoms with Crippen LogP contribution in [0.25, 0.3) is 0 Å². The van der Waals surface area contributed by atoms with Crippen molar-refractivity contribution >= 4 is 17.7 Å². The molecule has 8 nitrogen and oxygen atoms in total. The summed E-state index contributed by atoms with van der Waals surface area (Å²) in [6.45, 7) is 0.0125. The third-order valence-electron chi connectivity index (χ3n) is 4.30. The monoisotopic (exact) mass is 413 g/mol. The lowest BCUT2D eigenvalue weighted by molar-refractivity contribution is -0.139. The highest BCUT2D eigenvalue weighted by molar-refractivity contribution is 5.89. The Morgan fingerprint density at radius 2 is 1.63 bits per heavy atom. The second kappa shape index (κ2) is 12.2. The summed E-state index contributed by atoms with van der Waals surface area (Å²) in [4.78, 5) is 36.2. The van der Waals surface area contributed by atoms with Crippen LogP contribution < -0.4 is 20.7 Å². The highest BCUT2D eigenvalue weighted by Crippen LogP contribution is 2.12. The molecule has 3 N–H and O–H groups in total. The lowest BCUT2D eigenvalue weighted by atomic mass is 10.1. The zero-order valence-electron chi connectivity index (χ0n) is 17.1. The highest BCUT2D eigenvalue weighted by Gasteiger charge is 2.20. The quantitative estimate of drug-likeness (QED) is 0.479. The molecule has 2 aromatic rings. The summed E-state index contributed by atoms with van der Waals surface area (Å²) in [5.74, 6) is -0.581. The number of carbonyl (C=O) groups excluding carboxylic acids is 3. The molecule has 1 atom stereocenters. The van der Waals surface area contributed by atoms with E-state index in [-0.39, 0.29) is 25.4 Å². The van der Waals surface area contributed by atoms with Crippen LogP contribution in [0.1, 0.15) is 17.5 Å². The lowest BCUT2D eigenvalue weighted by Gasteiger charge is -2.17. The van der Waals surface area contributed by atoms with Crippen LogP contribution in [0.15, 0.2) is 54.6 Å². The largest absolute Gasteiger partial charge is 0.497 e. The average Bonchev–Trinajstić information content (AvgIpc) is 2.79. The number of amides is 3. The van der Waals surface area contributed by atoms with Gasteiger partial charge in [-0.2, -0.15) is 0 Å². The van der Waals surface area contributed by atoms with Gasteiger partial charge in [0.2, 0.25) is 18.0 Å². The van der Waals surface area contributed by atoms with Crippen LogP contribution in [0, 0.1) is 0 Å². The molecule has 30 heavy (non-hydrogen) atoms.